The molecule has 4 heterocycles. The number of halogens is 3. The SMILES string of the molecule is C=CC[C@@H]1[C@H](N2C(=O)OC[C@@H]2c2ccccc2)C(=O)N1[C@H](CC(=O)N1CCC(N2CCCCC2)CC1)C(=O)NCc1cccc(C(F)(F)F)c1. The molecule has 50 heavy (non-hydrogen) atoms. The number of ether oxygens (including phenoxy) is 1. The van der Waals surface area contributed by atoms with Crippen LogP contribution in [0.1, 0.15) is 67.7 Å². The highest BCUT2D eigenvalue weighted by molar-refractivity contribution is 5.99. The first-order chi connectivity index (χ1) is 24.1. The van der Waals surface area contributed by atoms with Crippen molar-refractivity contribution in [3.8, 4) is 0 Å². The van der Waals surface area contributed by atoms with Crippen molar-refractivity contribution < 1.29 is 37.1 Å². The van der Waals surface area contributed by atoms with Gasteiger partial charge in [0.1, 0.15) is 18.7 Å². The number of carbonyl (C=O) groups is 4. The highest BCUT2D eigenvalue weighted by Gasteiger charge is 2.58. The molecule has 2 aromatic carbocycles. The Morgan fingerprint density at radius 1 is 0.980 bits per heavy atom. The fourth-order valence-corrected chi connectivity index (χ4v) is 7.87. The van der Waals surface area contributed by atoms with Crippen LogP contribution in [0.15, 0.2) is 67.3 Å². The first kappa shape index (κ1) is 35.4. The third kappa shape index (κ3) is 7.52. The molecule has 0 bridgehead atoms. The molecule has 13 heteroatoms. The van der Waals surface area contributed by atoms with Gasteiger partial charge in [-0.15, -0.1) is 6.58 Å². The summed E-state index contributed by atoms with van der Waals surface area (Å²) < 4.78 is 45.5. The van der Waals surface area contributed by atoms with Gasteiger partial charge in [-0.3, -0.25) is 19.3 Å². The zero-order valence-electron chi connectivity index (χ0n) is 28.0. The van der Waals surface area contributed by atoms with Crippen molar-refractivity contribution in [3.05, 3.63) is 83.9 Å². The molecular formula is C37H44F3N5O5. The summed E-state index contributed by atoms with van der Waals surface area (Å²) in [5.74, 6) is -1.45. The molecule has 4 aliphatic heterocycles. The van der Waals surface area contributed by atoms with E-state index < -0.39 is 53.8 Å². The summed E-state index contributed by atoms with van der Waals surface area (Å²) >= 11 is 0. The molecule has 1 N–H and O–H groups in total. The topological polar surface area (TPSA) is 102 Å². The molecule has 2 aromatic rings. The number of nitrogens with zero attached hydrogens (tertiary/aromatic N) is 4. The molecule has 4 fully saturated rings. The first-order valence-electron chi connectivity index (χ1n) is 17.5. The summed E-state index contributed by atoms with van der Waals surface area (Å²) in [5, 5.41) is 2.69. The maximum atomic E-state index is 14.1. The Balaban J connectivity index is 1.21. The van der Waals surface area contributed by atoms with Crippen molar-refractivity contribution in [2.24, 2.45) is 0 Å². The molecule has 6 rings (SSSR count). The normalized spacial score (nSPS) is 24.1. The number of cyclic esters (lactones) is 1. The van der Waals surface area contributed by atoms with Crippen LogP contribution < -0.4 is 5.32 Å². The molecule has 0 saturated carbocycles. The molecule has 4 aliphatic rings. The number of amides is 4. The minimum absolute atomic E-state index is 0.0558. The molecule has 0 aromatic heterocycles. The first-order valence-corrected chi connectivity index (χ1v) is 17.5. The third-order valence-electron chi connectivity index (χ3n) is 10.5. The predicted octanol–water partition coefficient (Wildman–Crippen LogP) is 4.91. The zero-order chi connectivity index (χ0) is 35.4. The second kappa shape index (κ2) is 15.2. The van der Waals surface area contributed by atoms with E-state index in [0.717, 1.165) is 43.6 Å². The van der Waals surface area contributed by atoms with Crippen LogP contribution in [0.5, 0.6) is 0 Å². The number of likely N-dealkylation sites (tertiary alicyclic amines) is 3. The Labute approximate surface area is 290 Å². The molecule has 10 nitrogen and oxygen atoms in total. The summed E-state index contributed by atoms with van der Waals surface area (Å²) in [7, 11) is 0. The van der Waals surface area contributed by atoms with Gasteiger partial charge in [0.05, 0.1) is 24.1 Å². The smallest absolute Gasteiger partial charge is 0.416 e. The van der Waals surface area contributed by atoms with Crippen LogP contribution in [0, 0.1) is 0 Å². The van der Waals surface area contributed by atoms with E-state index in [0.29, 0.717) is 19.1 Å². The Morgan fingerprint density at radius 2 is 1.70 bits per heavy atom. The van der Waals surface area contributed by atoms with Crippen molar-refractivity contribution in [2.45, 2.75) is 87.9 Å². The van der Waals surface area contributed by atoms with Crippen LogP contribution in [0.4, 0.5) is 18.0 Å². The fraction of sp³-hybridized carbons (Fsp3) is 0.514. The molecule has 4 amide bonds. The average Bonchev–Trinajstić information content (AvgIpc) is 3.50. The number of β-lactam (4-membered cyclic amide) rings is 1. The van der Waals surface area contributed by atoms with Gasteiger partial charge in [-0.1, -0.05) is 55.0 Å². The number of benzene rings is 2. The second-order valence-corrected chi connectivity index (χ2v) is 13.5. The monoisotopic (exact) mass is 695 g/mol. The zero-order valence-corrected chi connectivity index (χ0v) is 28.0. The lowest BCUT2D eigenvalue weighted by Gasteiger charge is -2.53. The van der Waals surface area contributed by atoms with Gasteiger partial charge >= 0.3 is 12.3 Å². The van der Waals surface area contributed by atoms with E-state index in [1.807, 2.05) is 30.3 Å². The van der Waals surface area contributed by atoms with Crippen molar-refractivity contribution in [2.75, 3.05) is 32.8 Å². The van der Waals surface area contributed by atoms with Gasteiger partial charge in [-0.05, 0) is 68.5 Å². The van der Waals surface area contributed by atoms with E-state index >= 15 is 0 Å². The quantitative estimate of drug-likeness (QED) is 0.265. The average molecular weight is 696 g/mol. The predicted molar refractivity (Wildman–Crippen MR) is 178 cm³/mol. The lowest BCUT2D eigenvalue weighted by atomic mass is 9.86. The van der Waals surface area contributed by atoms with Crippen molar-refractivity contribution in [1.29, 1.82) is 0 Å². The fourth-order valence-electron chi connectivity index (χ4n) is 7.87. The van der Waals surface area contributed by atoms with Gasteiger partial charge in [0.25, 0.3) is 0 Å². The van der Waals surface area contributed by atoms with E-state index in [1.54, 1.807) is 11.0 Å². The van der Waals surface area contributed by atoms with Crippen LogP contribution in [0.3, 0.4) is 0 Å². The Hall–Kier alpha value is -4.39. The summed E-state index contributed by atoms with van der Waals surface area (Å²) in [6.07, 6.45) is 1.55. The standard InChI is InChI=1S/C37H44F3N5O5/c1-2-10-29-33(45-31(24-50-36(45)49)26-12-5-3-6-13-26)35(48)44(29)30(34(47)41-23-25-11-9-14-27(21-25)37(38,39)40)22-32(46)43-19-15-28(16-20-43)42-17-7-4-8-18-42/h2-3,5-6,9,11-14,21,28-31,33H,1,4,7-8,10,15-20,22-24H2,(H,41,47)/t29-,30-,31-,33+/m1/s1. The van der Waals surface area contributed by atoms with Crippen LogP contribution in [0.2, 0.25) is 0 Å². The Morgan fingerprint density at radius 3 is 2.38 bits per heavy atom. The van der Waals surface area contributed by atoms with Crippen molar-refractivity contribution >= 4 is 23.8 Å². The van der Waals surface area contributed by atoms with Crippen LogP contribution in [-0.2, 0) is 31.8 Å². The summed E-state index contributed by atoms with van der Waals surface area (Å²) in [6, 6.07) is 10.8. The molecule has 0 unspecified atom stereocenters. The van der Waals surface area contributed by atoms with Gasteiger partial charge in [0.15, 0.2) is 0 Å². The van der Waals surface area contributed by atoms with Crippen LogP contribution in [-0.4, -0.2) is 100 Å². The molecule has 4 saturated heterocycles. The number of rotatable bonds is 11. The Kier molecular flexibility index (Phi) is 10.8. The summed E-state index contributed by atoms with van der Waals surface area (Å²) in [6.45, 7) is 6.85. The lowest BCUT2D eigenvalue weighted by Crippen LogP contribution is -2.75. The molecular weight excluding hydrogens is 651 g/mol. The van der Waals surface area contributed by atoms with Crippen molar-refractivity contribution in [1.82, 2.24) is 24.9 Å². The van der Waals surface area contributed by atoms with Gasteiger partial charge < -0.3 is 24.8 Å². The number of alkyl halides is 3. The van der Waals surface area contributed by atoms with Crippen LogP contribution >= 0.6 is 0 Å². The van der Waals surface area contributed by atoms with E-state index in [9.17, 15) is 32.3 Å². The number of piperidine rings is 2. The number of hydrogen-bond acceptors (Lipinski definition) is 6. The van der Waals surface area contributed by atoms with Gasteiger partial charge in [0.2, 0.25) is 17.7 Å². The van der Waals surface area contributed by atoms with E-state index in [1.165, 1.54) is 41.2 Å². The van der Waals surface area contributed by atoms with E-state index in [4.69, 9.17) is 4.74 Å². The second-order valence-electron chi connectivity index (χ2n) is 13.5. The highest BCUT2D eigenvalue weighted by Crippen LogP contribution is 2.39. The van der Waals surface area contributed by atoms with Crippen LogP contribution in [0.25, 0.3) is 0 Å². The van der Waals surface area contributed by atoms with E-state index in [2.05, 4.69) is 16.8 Å². The number of nitrogens with one attached hydrogen (secondary N) is 1. The number of hydrogen-bond donors (Lipinski definition) is 1. The molecule has 0 aliphatic carbocycles. The summed E-state index contributed by atoms with van der Waals surface area (Å²) in [5.41, 5.74) is 0.167. The molecule has 268 valence electrons. The summed E-state index contributed by atoms with van der Waals surface area (Å²) in [4.78, 5) is 62.0. The van der Waals surface area contributed by atoms with Gasteiger partial charge in [-0.25, -0.2) is 4.79 Å². The van der Waals surface area contributed by atoms with Crippen molar-refractivity contribution in [3.63, 3.8) is 0 Å². The Bertz CT molecular complexity index is 1560. The number of carbonyl (C=O) groups excluding carboxylic acids is 4. The van der Waals surface area contributed by atoms with E-state index in [-0.39, 0.29) is 37.5 Å². The molecule has 0 spiro atoms. The third-order valence-corrected chi connectivity index (χ3v) is 10.5. The minimum atomic E-state index is -4.55. The molecule has 4 atom stereocenters. The maximum absolute atomic E-state index is 14.1. The lowest BCUT2D eigenvalue weighted by molar-refractivity contribution is -0.167. The highest BCUT2D eigenvalue weighted by atomic mass is 19.4. The maximum Gasteiger partial charge on any atom is 0.416 e. The van der Waals surface area contributed by atoms with Gasteiger partial charge in [-0.2, -0.15) is 13.2 Å². The van der Waals surface area contributed by atoms with Gasteiger partial charge in [0, 0.05) is 25.7 Å². The largest absolute Gasteiger partial charge is 0.447 e. The minimum Gasteiger partial charge on any atom is -0.447 e. The molecule has 0 radical (unpaired) electrons.